The van der Waals surface area contributed by atoms with Gasteiger partial charge in [0.25, 0.3) is 0 Å². The van der Waals surface area contributed by atoms with Crippen LogP contribution in [0.1, 0.15) is 19.4 Å². The van der Waals surface area contributed by atoms with Gasteiger partial charge in [-0.2, -0.15) is 0 Å². The molecule has 2 heterocycles. The van der Waals surface area contributed by atoms with Gasteiger partial charge in [0.15, 0.2) is 0 Å². The lowest BCUT2D eigenvalue weighted by atomic mass is 10.0. The van der Waals surface area contributed by atoms with Crippen molar-refractivity contribution in [3.8, 4) is 0 Å². The first-order valence-corrected chi connectivity index (χ1v) is 8.02. The van der Waals surface area contributed by atoms with E-state index in [1.54, 1.807) is 15.9 Å². The largest absolute Gasteiger partial charge is 0.338 e. The summed E-state index contributed by atoms with van der Waals surface area (Å²) in [6.45, 7) is 5.98. The van der Waals surface area contributed by atoms with Gasteiger partial charge >= 0.3 is 6.03 Å². The number of amides is 3. The summed E-state index contributed by atoms with van der Waals surface area (Å²) in [7, 11) is 0. The van der Waals surface area contributed by atoms with Crippen LogP contribution in [-0.2, 0) is 11.3 Å². The minimum absolute atomic E-state index is 0.0686. The van der Waals surface area contributed by atoms with Crippen LogP contribution < -0.4 is 5.32 Å². The minimum Gasteiger partial charge on any atom is -0.338 e. The van der Waals surface area contributed by atoms with Crippen LogP contribution in [0.3, 0.4) is 0 Å². The molecule has 1 aromatic rings. The van der Waals surface area contributed by atoms with Gasteiger partial charge < -0.3 is 15.1 Å². The fourth-order valence-electron chi connectivity index (χ4n) is 3.45. The van der Waals surface area contributed by atoms with E-state index in [2.05, 4.69) is 5.32 Å². The average Bonchev–Trinajstić information content (AvgIpc) is 2.99. The Bertz CT molecular complexity index is 620. The molecule has 1 aromatic carbocycles. The average molecular weight is 319 g/mol. The summed E-state index contributed by atoms with van der Waals surface area (Å²) in [6, 6.07) is 6.33. The number of carbonyl (C=O) groups is 2. The van der Waals surface area contributed by atoms with Gasteiger partial charge in [-0.1, -0.05) is 12.1 Å². The van der Waals surface area contributed by atoms with Crippen molar-refractivity contribution in [2.24, 2.45) is 11.8 Å². The summed E-state index contributed by atoms with van der Waals surface area (Å²) in [4.78, 5) is 28.1. The third kappa shape index (κ3) is 3.30. The molecule has 124 valence electrons. The molecule has 0 spiro atoms. The second kappa shape index (κ2) is 6.18. The number of halogens is 1. The number of rotatable bonds is 3. The highest BCUT2D eigenvalue weighted by Gasteiger charge is 2.47. The molecule has 0 radical (unpaired) electrons. The van der Waals surface area contributed by atoms with E-state index in [9.17, 15) is 14.0 Å². The van der Waals surface area contributed by atoms with Gasteiger partial charge in [0, 0.05) is 38.1 Å². The highest BCUT2D eigenvalue weighted by Crippen LogP contribution is 2.33. The molecule has 1 N–H and O–H groups in total. The molecule has 0 unspecified atom stereocenters. The number of hydrogen-bond donors (Lipinski definition) is 1. The molecule has 2 aliphatic heterocycles. The summed E-state index contributed by atoms with van der Waals surface area (Å²) < 4.78 is 13.3. The van der Waals surface area contributed by atoms with Crippen LogP contribution in [0, 0.1) is 17.7 Å². The first-order valence-electron chi connectivity index (χ1n) is 8.02. The summed E-state index contributed by atoms with van der Waals surface area (Å²) >= 11 is 0. The fourth-order valence-corrected chi connectivity index (χ4v) is 3.45. The molecule has 5 nitrogen and oxygen atoms in total. The number of fused-ring (bicyclic) bond motifs is 1. The van der Waals surface area contributed by atoms with Crippen molar-refractivity contribution in [2.75, 3.05) is 19.6 Å². The number of urea groups is 1. The van der Waals surface area contributed by atoms with E-state index in [4.69, 9.17) is 0 Å². The van der Waals surface area contributed by atoms with Gasteiger partial charge in [-0.05, 0) is 31.5 Å². The Morgan fingerprint density at radius 3 is 2.78 bits per heavy atom. The standard InChI is InChI=1S/C17H22FN3O2/c1-11(2)19-17(23)21-9-13-8-20(16(22)15(13)10-21)7-12-4-3-5-14(18)6-12/h3-6,11,13,15H,7-10H2,1-2H3,(H,19,23)/t13-,15+/m1/s1. The van der Waals surface area contributed by atoms with Crippen LogP contribution in [0.4, 0.5) is 9.18 Å². The van der Waals surface area contributed by atoms with E-state index in [0.717, 1.165) is 5.56 Å². The third-order valence-electron chi connectivity index (χ3n) is 4.49. The van der Waals surface area contributed by atoms with Crippen LogP contribution >= 0.6 is 0 Å². The normalized spacial score (nSPS) is 23.6. The van der Waals surface area contributed by atoms with Gasteiger partial charge in [0.05, 0.1) is 5.92 Å². The smallest absolute Gasteiger partial charge is 0.317 e. The zero-order chi connectivity index (χ0) is 16.6. The summed E-state index contributed by atoms with van der Waals surface area (Å²) in [5.74, 6) is -0.166. The topological polar surface area (TPSA) is 52.7 Å². The maximum Gasteiger partial charge on any atom is 0.317 e. The Kier molecular flexibility index (Phi) is 4.24. The Labute approximate surface area is 135 Å². The highest BCUT2D eigenvalue weighted by atomic mass is 19.1. The lowest BCUT2D eigenvalue weighted by Crippen LogP contribution is -2.43. The van der Waals surface area contributed by atoms with Gasteiger partial charge in [-0.15, -0.1) is 0 Å². The van der Waals surface area contributed by atoms with Crippen LogP contribution in [-0.4, -0.2) is 47.4 Å². The zero-order valence-corrected chi connectivity index (χ0v) is 13.5. The second-order valence-corrected chi connectivity index (χ2v) is 6.72. The quantitative estimate of drug-likeness (QED) is 0.924. The van der Waals surface area contributed by atoms with E-state index < -0.39 is 0 Å². The van der Waals surface area contributed by atoms with Crippen LogP contribution in [0.2, 0.25) is 0 Å². The third-order valence-corrected chi connectivity index (χ3v) is 4.49. The van der Waals surface area contributed by atoms with Crippen molar-refractivity contribution < 1.29 is 14.0 Å². The molecule has 3 amide bonds. The Morgan fingerprint density at radius 1 is 1.35 bits per heavy atom. The zero-order valence-electron chi connectivity index (χ0n) is 13.5. The van der Waals surface area contributed by atoms with E-state index in [0.29, 0.717) is 26.2 Å². The highest BCUT2D eigenvalue weighted by molar-refractivity contribution is 5.84. The molecule has 2 atom stereocenters. The molecule has 0 bridgehead atoms. The van der Waals surface area contributed by atoms with Crippen LogP contribution in [0.25, 0.3) is 0 Å². The monoisotopic (exact) mass is 319 g/mol. The SMILES string of the molecule is CC(C)NC(=O)N1C[C@H]2CN(Cc3cccc(F)c3)C(=O)[C@H]2C1. The molecule has 0 aliphatic carbocycles. The molecule has 23 heavy (non-hydrogen) atoms. The van der Waals surface area contributed by atoms with Gasteiger partial charge in [-0.25, -0.2) is 9.18 Å². The Balaban J connectivity index is 1.61. The summed E-state index contributed by atoms with van der Waals surface area (Å²) in [5.41, 5.74) is 0.799. The summed E-state index contributed by atoms with van der Waals surface area (Å²) in [5, 5.41) is 2.87. The maximum absolute atomic E-state index is 13.3. The van der Waals surface area contributed by atoms with Crippen LogP contribution in [0.5, 0.6) is 0 Å². The molecule has 2 fully saturated rings. The molecule has 2 saturated heterocycles. The summed E-state index contributed by atoms with van der Waals surface area (Å²) in [6.07, 6.45) is 0. The number of nitrogens with zero attached hydrogens (tertiary/aromatic N) is 2. The van der Waals surface area contributed by atoms with Gasteiger partial charge in [0.2, 0.25) is 5.91 Å². The van der Waals surface area contributed by atoms with Crippen molar-refractivity contribution >= 4 is 11.9 Å². The van der Waals surface area contributed by atoms with Crippen molar-refractivity contribution in [3.05, 3.63) is 35.6 Å². The molecule has 0 aromatic heterocycles. The number of carbonyl (C=O) groups excluding carboxylic acids is 2. The maximum atomic E-state index is 13.3. The Morgan fingerprint density at radius 2 is 2.13 bits per heavy atom. The van der Waals surface area contributed by atoms with Crippen molar-refractivity contribution in [1.82, 2.24) is 15.1 Å². The van der Waals surface area contributed by atoms with E-state index in [1.165, 1.54) is 12.1 Å². The number of hydrogen-bond acceptors (Lipinski definition) is 2. The van der Waals surface area contributed by atoms with Crippen molar-refractivity contribution in [1.29, 1.82) is 0 Å². The van der Waals surface area contributed by atoms with E-state index >= 15 is 0 Å². The molecular formula is C17H22FN3O2. The first kappa shape index (κ1) is 15.8. The number of benzene rings is 1. The fraction of sp³-hybridized carbons (Fsp3) is 0.529. The van der Waals surface area contributed by atoms with Gasteiger partial charge in [-0.3, -0.25) is 4.79 Å². The van der Waals surface area contributed by atoms with E-state index in [1.807, 2.05) is 19.9 Å². The van der Waals surface area contributed by atoms with Crippen molar-refractivity contribution in [2.45, 2.75) is 26.4 Å². The second-order valence-electron chi connectivity index (χ2n) is 6.72. The molecule has 6 heteroatoms. The van der Waals surface area contributed by atoms with Gasteiger partial charge in [0.1, 0.15) is 5.82 Å². The minimum atomic E-state index is -0.286. The predicted octanol–water partition coefficient (Wildman–Crippen LogP) is 1.83. The number of nitrogens with one attached hydrogen (secondary N) is 1. The first-order chi connectivity index (χ1) is 10.9. The lowest BCUT2D eigenvalue weighted by molar-refractivity contribution is -0.131. The molecule has 2 aliphatic rings. The molecular weight excluding hydrogens is 297 g/mol. The van der Waals surface area contributed by atoms with Crippen molar-refractivity contribution in [3.63, 3.8) is 0 Å². The lowest BCUT2D eigenvalue weighted by Gasteiger charge is -2.23. The predicted molar refractivity (Wildman–Crippen MR) is 84.0 cm³/mol. The molecule has 0 saturated carbocycles. The number of likely N-dealkylation sites (tertiary alicyclic amines) is 2. The van der Waals surface area contributed by atoms with Crippen LogP contribution in [0.15, 0.2) is 24.3 Å². The molecule has 3 rings (SSSR count). The van der Waals surface area contributed by atoms with E-state index in [-0.39, 0.29) is 35.6 Å². The Hall–Kier alpha value is -2.11.